The number of hydrogen-bond donors (Lipinski definition) is 1. The maximum Gasteiger partial charge on any atom is 0.325 e. The molecular formula is C19H22N2O4S. The largest absolute Gasteiger partial charge is 0.454 e. The minimum Gasteiger partial charge on any atom is -0.454 e. The second-order valence-corrected chi connectivity index (χ2v) is 7.13. The van der Waals surface area contributed by atoms with Crippen LogP contribution in [0.2, 0.25) is 0 Å². The zero-order valence-corrected chi connectivity index (χ0v) is 15.8. The van der Waals surface area contributed by atoms with Crippen LogP contribution in [-0.2, 0) is 14.3 Å². The average Bonchev–Trinajstić information content (AvgIpc) is 3.10. The fourth-order valence-corrected chi connectivity index (χ4v) is 3.05. The lowest BCUT2D eigenvalue weighted by atomic mass is 10.1. The normalized spacial score (nSPS) is 11.5. The summed E-state index contributed by atoms with van der Waals surface area (Å²) >= 11 is 1.35. The van der Waals surface area contributed by atoms with Crippen molar-refractivity contribution in [3.05, 3.63) is 57.8 Å². The summed E-state index contributed by atoms with van der Waals surface area (Å²) in [7, 11) is 1.66. The fraction of sp³-hybridized carbons (Fsp3) is 0.316. The standard InChI is InChI=1S/C19H22N2O4S/c1-13-9-10-16(26-13)19(24)20-11-18(23)25-12-17(22)21(3)14(2)15-7-5-4-6-8-15/h4-10,14H,11-12H2,1-3H3,(H,20,24). The first-order chi connectivity index (χ1) is 12.4. The van der Waals surface area contributed by atoms with Gasteiger partial charge in [0, 0.05) is 11.9 Å². The lowest BCUT2D eigenvalue weighted by molar-refractivity contribution is -0.151. The van der Waals surface area contributed by atoms with Crippen molar-refractivity contribution in [2.24, 2.45) is 0 Å². The Labute approximate surface area is 156 Å². The number of ether oxygens (including phenoxy) is 1. The van der Waals surface area contributed by atoms with Crippen LogP contribution in [0.5, 0.6) is 0 Å². The number of amides is 2. The summed E-state index contributed by atoms with van der Waals surface area (Å²) < 4.78 is 4.96. The minimum absolute atomic E-state index is 0.135. The molecular weight excluding hydrogens is 352 g/mol. The fourth-order valence-electron chi connectivity index (χ4n) is 2.26. The van der Waals surface area contributed by atoms with Gasteiger partial charge in [-0.2, -0.15) is 0 Å². The summed E-state index contributed by atoms with van der Waals surface area (Å²) in [5, 5.41) is 2.49. The van der Waals surface area contributed by atoms with E-state index in [0.29, 0.717) is 4.88 Å². The molecule has 138 valence electrons. The Kier molecular flexibility index (Phi) is 6.91. The first-order valence-corrected chi connectivity index (χ1v) is 9.01. The van der Waals surface area contributed by atoms with Crippen LogP contribution < -0.4 is 5.32 Å². The molecule has 2 aromatic rings. The molecule has 0 fully saturated rings. The summed E-state index contributed by atoms with van der Waals surface area (Å²) in [5.74, 6) is -1.29. The first kappa shape index (κ1) is 19.7. The Balaban J connectivity index is 1.75. The van der Waals surface area contributed by atoms with Crippen molar-refractivity contribution in [3.8, 4) is 0 Å². The number of esters is 1. The number of benzene rings is 1. The van der Waals surface area contributed by atoms with E-state index in [1.165, 1.54) is 16.2 Å². The summed E-state index contributed by atoms with van der Waals surface area (Å²) in [4.78, 5) is 38.9. The highest BCUT2D eigenvalue weighted by atomic mass is 32.1. The molecule has 1 heterocycles. The molecule has 0 radical (unpaired) electrons. The molecule has 2 rings (SSSR count). The minimum atomic E-state index is -0.652. The molecule has 1 aromatic carbocycles. The van der Waals surface area contributed by atoms with Gasteiger partial charge in [0.05, 0.1) is 10.9 Å². The number of carbonyl (C=O) groups is 3. The van der Waals surface area contributed by atoms with E-state index >= 15 is 0 Å². The van der Waals surface area contributed by atoms with Gasteiger partial charge in [0.2, 0.25) is 0 Å². The molecule has 1 atom stereocenters. The van der Waals surface area contributed by atoms with Crippen molar-refractivity contribution in [3.63, 3.8) is 0 Å². The van der Waals surface area contributed by atoms with Crippen molar-refractivity contribution in [1.29, 1.82) is 0 Å². The number of aryl methyl sites for hydroxylation is 1. The van der Waals surface area contributed by atoms with Crippen molar-refractivity contribution in [2.75, 3.05) is 20.2 Å². The second-order valence-electron chi connectivity index (χ2n) is 5.84. The highest BCUT2D eigenvalue weighted by molar-refractivity contribution is 7.13. The van der Waals surface area contributed by atoms with E-state index in [-0.39, 0.29) is 31.0 Å². The number of hydrogen-bond acceptors (Lipinski definition) is 5. The van der Waals surface area contributed by atoms with Gasteiger partial charge in [-0.25, -0.2) is 0 Å². The molecule has 0 aliphatic rings. The third-order valence-corrected chi connectivity index (χ3v) is 4.97. The number of nitrogens with one attached hydrogen (secondary N) is 1. The second kappa shape index (κ2) is 9.15. The molecule has 0 saturated heterocycles. The Morgan fingerprint density at radius 2 is 1.85 bits per heavy atom. The quantitative estimate of drug-likeness (QED) is 0.756. The molecule has 0 saturated carbocycles. The molecule has 0 spiro atoms. The van der Waals surface area contributed by atoms with Crippen molar-refractivity contribution >= 4 is 29.1 Å². The molecule has 6 nitrogen and oxygen atoms in total. The molecule has 1 unspecified atom stereocenters. The maximum absolute atomic E-state index is 12.2. The zero-order chi connectivity index (χ0) is 19.1. The van der Waals surface area contributed by atoms with E-state index in [0.717, 1.165) is 10.4 Å². The van der Waals surface area contributed by atoms with Crippen LogP contribution in [0.25, 0.3) is 0 Å². The van der Waals surface area contributed by atoms with E-state index in [2.05, 4.69) is 5.32 Å². The number of thiophene rings is 1. The van der Waals surface area contributed by atoms with Crippen molar-refractivity contribution in [1.82, 2.24) is 10.2 Å². The van der Waals surface area contributed by atoms with Crippen LogP contribution in [0.4, 0.5) is 0 Å². The van der Waals surface area contributed by atoms with Crippen LogP contribution in [0.1, 0.15) is 33.1 Å². The van der Waals surface area contributed by atoms with E-state index in [1.54, 1.807) is 13.1 Å². The predicted molar refractivity (Wildman–Crippen MR) is 100.0 cm³/mol. The lowest BCUT2D eigenvalue weighted by Crippen LogP contribution is -2.35. The Bertz CT molecular complexity index is 773. The highest BCUT2D eigenvalue weighted by Crippen LogP contribution is 2.18. The van der Waals surface area contributed by atoms with Gasteiger partial charge in [-0.3, -0.25) is 14.4 Å². The third-order valence-electron chi connectivity index (χ3n) is 3.97. The molecule has 0 aliphatic heterocycles. The van der Waals surface area contributed by atoms with Gasteiger partial charge in [0.25, 0.3) is 11.8 Å². The van der Waals surface area contributed by atoms with E-state index in [9.17, 15) is 14.4 Å². The Morgan fingerprint density at radius 3 is 2.46 bits per heavy atom. The molecule has 1 aromatic heterocycles. The van der Waals surface area contributed by atoms with Gasteiger partial charge in [-0.1, -0.05) is 30.3 Å². The molecule has 7 heteroatoms. The maximum atomic E-state index is 12.2. The summed E-state index contributed by atoms with van der Waals surface area (Å²) in [6, 6.07) is 13.0. The summed E-state index contributed by atoms with van der Waals surface area (Å²) in [5.41, 5.74) is 0.994. The van der Waals surface area contributed by atoms with E-state index < -0.39 is 5.97 Å². The number of nitrogens with zero attached hydrogens (tertiary/aromatic N) is 1. The van der Waals surface area contributed by atoms with Gasteiger partial charge < -0.3 is 15.0 Å². The molecule has 0 aliphatic carbocycles. The van der Waals surface area contributed by atoms with Crippen LogP contribution in [0, 0.1) is 6.92 Å². The van der Waals surface area contributed by atoms with Crippen molar-refractivity contribution < 1.29 is 19.1 Å². The van der Waals surface area contributed by atoms with Gasteiger partial charge in [-0.15, -0.1) is 11.3 Å². The number of likely N-dealkylation sites (N-methyl/N-ethyl adjacent to an activating group) is 1. The first-order valence-electron chi connectivity index (χ1n) is 8.19. The smallest absolute Gasteiger partial charge is 0.325 e. The van der Waals surface area contributed by atoms with Crippen LogP contribution in [-0.4, -0.2) is 42.9 Å². The topological polar surface area (TPSA) is 75.7 Å². The summed E-state index contributed by atoms with van der Waals surface area (Å²) in [6.07, 6.45) is 0. The van der Waals surface area contributed by atoms with E-state index in [1.807, 2.05) is 50.2 Å². The summed E-state index contributed by atoms with van der Waals surface area (Å²) in [6.45, 7) is 3.16. The Morgan fingerprint density at radius 1 is 1.15 bits per heavy atom. The van der Waals surface area contributed by atoms with Crippen LogP contribution in [0.3, 0.4) is 0 Å². The molecule has 26 heavy (non-hydrogen) atoms. The van der Waals surface area contributed by atoms with Crippen molar-refractivity contribution in [2.45, 2.75) is 19.9 Å². The average molecular weight is 374 g/mol. The molecule has 2 amide bonds. The lowest BCUT2D eigenvalue weighted by Gasteiger charge is -2.25. The van der Waals surface area contributed by atoms with Gasteiger partial charge >= 0.3 is 5.97 Å². The third kappa shape index (κ3) is 5.42. The predicted octanol–water partition coefficient (Wildman–Crippen LogP) is 2.55. The monoisotopic (exact) mass is 374 g/mol. The van der Waals surface area contributed by atoms with E-state index in [4.69, 9.17) is 4.74 Å². The van der Waals surface area contributed by atoms with Gasteiger partial charge in [-0.05, 0) is 31.5 Å². The molecule has 0 bridgehead atoms. The zero-order valence-electron chi connectivity index (χ0n) is 15.0. The SMILES string of the molecule is Cc1ccc(C(=O)NCC(=O)OCC(=O)N(C)C(C)c2ccccc2)s1. The Hall–Kier alpha value is -2.67. The van der Waals surface area contributed by atoms with Gasteiger partial charge in [0.15, 0.2) is 6.61 Å². The number of rotatable bonds is 7. The number of carbonyl (C=O) groups excluding carboxylic acids is 3. The van der Waals surface area contributed by atoms with Crippen LogP contribution >= 0.6 is 11.3 Å². The highest BCUT2D eigenvalue weighted by Gasteiger charge is 2.19. The van der Waals surface area contributed by atoms with Crippen LogP contribution in [0.15, 0.2) is 42.5 Å². The molecule has 1 N–H and O–H groups in total. The van der Waals surface area contributed by atoms with Gasteiger partial charge in [0.1, 0.15) is 6.54 Å².